The number of hydrogen-bond acceptors (Lipinski definition) is 6. The van der Waals surface area contributed by atoms with Crippen molar-refractivity contribution in [1.82, 2.24) is 10.5 Å². The summed E-state index contributed by atoms with van der Waals surface area (Å²) in [5.41, 5.74) is 5.18. The summed E-state index contributed by atoms with van der Waals surface area (Å²) in [6.07, 6.45) is 2.43. The number of methoxy groups -OCH3 is 1. The number of nitrogens with zero attached hydrogens (tertiary/aromatic N) is 1. The van der Waals surface area contributed by atoms with Crippen molar-refractivity contribution in [2.24, 2.45) is 0 Å². The zero-order valence-electron chi connectivity index (χ0n) is 21.8. The lowest BCUT2D eigenvalue weighted by atomic mass is 9.85. The van der Waals surface area contributed by atoms with Gasteiger partial charge in [-0.1, -0.05) is 53.7 Å². The zero-order valence-corrected chi connectivity index (χ0v) is 21.8. The molecule has 0 atom stereocenters. The van der Waals surface area contributed by atoms with Gasteiger partial charge in [0.15, 0.2) is 5.78 Å². The smallest absolute Gasteiger partial charge is 0.261 e. The second-order valence-corrected chi connectivity index (χ2v) is 9.99. The number of allylic oxidation sites excluding steroid dienone is 1. The second-order valence-electron chi connectivity index (χ2n) is 9.99. The molecule has 1 aromatic heterocycles. The quantitative estimate of drug-likeness (QED) is 0.243. The number of carbonyl (C=O) groups is 2. The third-order valence-corrected chi connectivity index (χ3v) is 6.53. The van der Waals surface area contributed by atoms with E-state index in [-0.39, 0.29) is 17.2 Å². The highest BCUT2D eigenvalue weighted by Gasteiger charge is 2.28. The summed E-state index contributed by atoms with van der Waals surface area (Å²) in [5.74, 6) is 0.606. The zero-order chi connectivity index (χ0) is 26.9. The van der Waals surface area contributed by atoms with E-state index in [1.165, 1.54) is 0 Å². The third kappa shape index (κ3) is 5.09. The number of fused-ring (bicyclic) bond motifs is 1. The van der Waals surface area contributed by atoms with Crippen LogP contribution in [0.4, 0.5) is 5.69 Å². The Hall–Kier alpha value is -4.65. The molecule has 7 heteroatoms. The summed E-state index contributed by atoms with van der Waals surface area (Å²) in [6.45, 7) is 5.90. The van der Waals surface area contributed by atoms with E-state index in [1.54, 1.807) is 44.4 Å². The molecule has 0 spiro atoms. The van der Waals surface area contributed by atoms with E-state index in [0.29, 0.717) is 28.3 Å². The number of nitrogens with one attached hydrogen (secondary N) is 2. The summed E-state index contributed by atoms with van der Waals surface area (Å²) < 4.78 is 10.7. The molecular weight excluding hydrogens is 478 g/mol. The first-order chi connectivity index (χ1) is 18.2. The topological polar surface area (TPSA) is 93.5 Å². The summed E-state index contributed by atoms with van der Waals surface area (Å²) in [4.78, 5) is 26.6. The number of ketones is 1. The summed E-state index contributed by atoms with van der Waals surface area (Å²) in [6, 6.07) is 22.2. The lowest BCUT2D eigenvalue weighted by Gasteiger charge is -2.35. The third-order valence-electron chi connectivity index (χ3n) is 6.53. The van der Waals surface area contributed by atoms with E-state index in [0.717, 1.165) is 34.6 Å². The number of carbonyl (C=O) groups excluding carboxylic acids is 2. The minimum absolute atomic E-state index is 0.179. The number of amides is 1. The van der Waals surface area contributed by atoms with Crippen molar-refractivity contribution in [2.75, 3.05) is 12.4 Å². The fourth-order valence-electron chi connectivity index (χ4n) is 4.74. The van der Waals surface area contributed by atoms with Crippen molar-refractivity contribution in [3.8, 4) is 17.0 Å². The van der Waals surface area contributed by atoms with Crippen LogP contribution in [0.1, 0.15) is 51.5 Å². The van der Waals surface area contributed by atoms with Crippen molar-refractivity contribution < 1.29 is 18.8 Å². The molecule has 7 nitrogen and oxygen atoms in total. The first-order valence-electron chi connectivity index (χ1n) is 12.4. The molecule has 0 saturated carbocycles. The minimum Gasteiger partial charge on any atom is -0.497 e. The van der Waals surface area contributed by atoms with Crippen molar-refractivity contribution >= 4 is 23.1 Å². The number of benzene rings is 3. The maximum absolute atomic E-state index is 13.4. The molecule has 0 bridgehead atoms. The van der Waals surface area contributed by atoms with Gasteiger partial charge in [-0.05, 0) is 57.0 Å². The summed E-state index contributed by atoms with van der Waals surface area (Å²) in [7, 11) is 1.63. The normalized spacial score (nSPS) is 14.9. The number of hydrogen-bond donors (Lipinski definition) is 2. The van der Waals surface area contributed by atoms with Crippen LogP contribution in [0.3, 0.4) is 0 Å². The molecule has 5 rings (SSSR count). The van der Waals surface area contributed by atoms with Crippen LogP contribution in [0.5, 0.6) is 5.75 Å². The summed E-state index contributed by atoms with van der Waals surface area (Å²) >= 11 is 0. The molecule has 0 saturated heterocycles. The Labute approximate surface area is 221 Å². The molecule has 3 aromatic carbocycles. The van der Waals surface area contributed by atoms with Gasteiger partial charge in [-0.3, -0.25) is 9.59 Å². The minimum atomic E-state index is -0.359. The fraction of sp³-hybridized carbons (Fsp3) is 0.194. The molecule has 0 aliphatic carbocycles. The highest BCUT2D eigenvalue weighted by atomic mass is 16.5. The Kier molecular flexibility index (Phi) is 6.59. The lowest BCUT2D eigenvalue weighted by Crippen LogP contribution is -2.43. The van der Waals surface area contributed by atoms with Crippen LogP contribution in [-0.2, 0) is 6.42 Å². The van der Waals surface area contributed by atoms with Gasteiger partial charge in [0.2, 0.25) is 0 Å². The highest BCUT2D eigenvalue weighted by Crippen LogP contribution is 2.33. The van der Waals surface area contributed by atoms with Crippen LogP contribution in [0.2, 0.25) is 0 Å². The van der Waals surface area contributed by atoms with Gasteiger partial charge in [0.05, 0.1) is 7.11 Å². The molecule has 192 valence electrons. The van der Waals surface area contributed by atoms with Gasteiger partial charge in [0.25, 0.3) is 5.91 Å². The van der Waals surface area contributed by atoms with Gasteiger partial charge in [0, 0.05) is 39.7 Å². The maximum Gasteiger partial charge on any atom is 0.261 e. The monoisotopic (exact) mass is 507 g/mol. The van der Waals surface area contributed by atoms with E-state index in [4.69, 9.17) is 9.26 Å². The number of rotatable bonds is 6. The number of aryl methyl sites for hydroxylation is 1. The first-order valence-corrected chi connectivity index (χ1v) is 12.4. The Bertz CT molecular complexity index is 1550. The van der Waals surface area contributed by atoms with Gasteiger partial charge in [0.1, 0.15) is 22.8 Å². The predicted molar refractivity (Wildman–Crippen MR) is 147 cm³/mol. The molecule has 1 aliphatic heterocycles. The lowest BCUT2D eigenvalue weighted by molar-refractivity contribution is 0.102. The van der Waals surface area contributed by atoms with Crippen LogP contribution in [0.25, 0.3) is 17.0 Å². The molecule has 1 aliphatic rings. The van der Waals surface area contributed by atoms with E-state index in [2.05, 4.69) is 29.6 Å². The Morgan fingerprint density at radius 3 is 2.61 bits per heavy atom. The average molecular weight is 508 g/mol. The van der Waals surface area contributed by atoms with Crippen LogP contribution in [-0.4, -0.2) is 29.5 Å². The van der Waals surface area contributed by atoms with Crippen LogP contribution < -0.4 is 15.4 Å². The first kappa shape index (κ1) is 25.0. The van der Waals surface area contributed by atoms with Crippen molar-refractivity contribution in [3.05, 3.63) is 107 Å². The van der Waals surface area contributed by atoms with Gasteiger partial charge in [-0.15, -0.1) is 0 Å². The van der Waals surface area contributed by atoms with Gasteiger partial charge in [-0.25, -0.2) is 0 Å². The van der Waals surface area contributed by atoms with Crippen molar-refractivity contribution in [3.63, 3.8) is 0 Å². The Morgan fingerprint density at radius 2 is 1.84 bits per heavy atom. The van der Waals surface area contributed by atoms with Crippen molar-refractivity contribution in [1.29, 1.82) is 0 Å². The van der Waals surface area contributed by atoms with Crippen LogP contribution in [0.15, 0.2) is 83.4 Å². The number of anilines is 1. The Balaban J connectivity index is 1.42. The molecular formula is C31H29N3O4. The maximum atomic E-state index is 13.4. The molecule has 0 unspecified atom stereocenters. The van der Waals surface area contributed by atoms with Gasteiger partial charge < -0.3 is 19.9 Å². The molecule has 0 radical (unpaired) electrons. The number of aromatic nitrogens is 1. The van der Waals surface area contributed by atoms with E-state index in [9.17, 15) is 9.59 Å². The highest BCUT2D eigenvalue weighted by molar-refractivity contribution is 6.11. The SMILES string of the molecule is COc1ccc2c(c1)C(=CC(=O)c1cccc(NC(=O)c3c(-c4ccccc4)noc3C)c1)NC(C)(C)C2. The predicted octanol–water partition coefficient (Wildman–Crippen LogP) is 6.06. The molecule has 2 heterocycles. The molecule has 38 heavy (non-hydrogen) atoms. The molecule has 0 fully saturated rings. The van der Waals surface area contributed by atoms with E-state index in [1.807, 2.05) is 48.5 Å². The molecule has 1 amide bonds. The standard InChI is InChI=1S/C31H29N3O4/c1-19-28(29(34-38-19)20-9-6-5-7-10-20)30(36)32-23-12-8-11-21(15-23)27(35)17-26-25-16-24(37-4)14-13-22(25)18-31(2,3)33-26/h5-17,33H,18H2,1-4H3,(H,32,36). The van der Waals surface area contributed by atoms with Gasteiger partial charge in [-0.2, -0.15) is 0 Å². The molecule has 4 aromatic rings. The number of ether oxygens (including phenoxy) is 1. The van der Waals surface area contributed by atoms with Gasteiger partial charge >= 0.3 is 0 Å². The second kappa shape index (κ2) is 10.0. The average Bonchev–Trinajstić information content (AvgIpc) is 3.30. The largest absolute Gasteiger partial charge is 0.497 e. The summed E-state index contributed by atoms with van der Waals surface area (Å²) in [5, 5.41) is 10.5. The fourth-order valence-corrected chi connectivity index (χ4v) is 4.74. The van der Waals surface area contributed by atoms with Crippen molar-refractivity contribution in [2.45, 2.75) is 32.7 Å². The molecule has 2 N–H and O–H groups in total. The van der Waals surface area contributed by atoms with E-state index >= 15 is 0 Å². The van der Waals surface area contributed by atoms with Crippen LogP contribution in [0, 0.1) is 6.92 Å². The Morgan fingerprint density at radius 1 is 1.05 bits per heavy atom. The van der Waals surface area contributed by atoms with E-state index < -0.39 is 0 Å². The van der Waals surface area contributed by atoms with Crippen LogP contribution >= 0.6 is 0 Å².